The molecule has 1 amide bonds. The summed E-state index contributed by atoms with van der Waals surface area (Å²) in [6, 6.07) is 6.89. The van der Waals surface area contributed by atoms with Crippen molar-refractivity contribution in [1.82, 2.24) is 4.90 Å². The monoisotopic (exact) mass is 299 g/mol. The molecule has 0 aliphatic carbocycles. The Hall–Kier alpha value is -1.36. The van der Waals surface area contributed by atoms with E-state index in [0.29, 0.717) is 5.56 Å². The summed E-state index contributed by atoms with van der Waals surface area (Å²) in [6.07, 6.45) is 0. The highest BCUT2D eigenvalue weighted by atomic mass is 79.9. The first kappa shape index (κ1) is 13.7. The molecular formula is C12H14BrNO3. The average Bonchev–Trinajstić information content (AvgIpc) is 2.27. The summed E-state index contributed by atoms with van der Waals surface area (Å²) in [5.41, 5.74) is -0.794. The van der Waals surface area contributed by atoms with Crippen molar-refractivity contribution in [2.24, 2.45) is 0 Å². The molecule has 0 aromatic heterocycles. The molecular weight excluding hydrogens is 286 g/mol. The number of carbonyl (C=O) groups is 2. The second-order valence-corrected chi connectivity index (χ2v) is 4.88. The second kappa shape index (κ2) is 4.87. The van der Waals surface area contributed by atoms with Crippen LogP contribution < -0.4 is 0 Å². The summed E-state index contributed by atoms with van der Waals surface area (Å²) in [7, 11) is 1.48. The first-order valence-corrected chi connectivity index (χ1v) is 5.83. The number of likely N-dealkylation sites (N-methyl/N-ethyl adjacent to an activating group) is 1. The van der Waals surface area contributed by atoms with Crippen LogP contribution in [0.3, 0.4) is 0 Å². The van der Waals surface area contributed by atoms with E-state index in [0.717, 1.165) is 4.47 Å². The van der Waals surface area contributed by atoms with E-state index in [9.17, 15) is 14.7 Å². The van der Waals surface area contributed by atoms with Crippen molar-refractivity contribution in [1.29, 1.82) is 0 Å². The van der Waals surface area contributed by atoms with Gasteiger partial charge in [0.2, 0.25) is 5.91 Å². The molecule has 1 N–H and O–H groups in total. The summed E-state index contributed by atoms with van der Waals surface area (Å²) in [5, 5.41) is 9.37. The number of benzene rings is 1. The lowest BCUT2D eigenvalue weighted by Crippen LogP contribution is -2.49. The van der Waals surface area contributed by atoms with Gasteiger partial charge in [-0.3, -0.25) is 4.79 Å². The lowest BCUT2D eigenvalue weighted by molar-refractivity contribution is -0.156. The van der Waals surface area contributed by atoms with Crippen LogP contribution in [0.5, 0.6) is 0 Å². The minimum Gasteiger partial charge on any atom is -0.479 e. The van der Waals surface area contributed by atoms with Gasteiger partial charge in [-0.25, -0.2) is 4.79 Å². The molecule has 0 bridgehead atoms. The van der Waals surface area contributed by atoms with Crippen LogP contribution in [-0.4, -0.2) is 28.9 Å². The van der Waals surface area contributed by atoms with Crippen molar-refractivity contribution in [2.45, 2.75) is 19.4 Å². The number of carbonyl (C=O) groups excluding carboxylic acids is 1. The summed E-state index contributed by atoms with van der Waals surface area (Å²) >= 11 is 3.29. The van der Waals surface area contributed by atoms with Gasteiger partial charge in [0.15, 0.2) is 5.54 Å². The first-order chi connectivity index (χ1) is 7.80. The van der Waals surface area contributed by atoms with E-state index >= 15 is 0 Å². The lowest BCUT2D eigenvalue weighted by Gasteiger charge is -2.34. The smallest absolute Gasteiger partial charge is 0.334 e. The maximum absolute atomic E-state index is 11.4. The molecule has 0 spiro atoms. The fourth-order valence-corrected chi connectivity index (χ4v) is 1.81. The van der Waals surface area contributed by atoms with Crippen molar-refractivity contribution < 1.29 is 14.7 Å². The Morgan fingerprint density at radius 1 is 1.29 bits per heavy atom. The number of rotatable bonds is 3. The van der Waals surface area contributed by atoms with Crippen LogP contribution >= 0.6 is 15.9 Å². The van der Waals surface area contributed by atoms with Gasteiger partial charge in [-0.05, 0) is 24.6 Å². The Labute approximate surface area is 108 Å². The topological polar surface area (TPSA) is 57.6 Å². The number of aliphatic carboxylic acids is 1. The molecule has 1 atom stereocenters. The summed E-state index contributed by atoms with van der Waals surface area (Å²) < 4.78 is 0.861. The van der Waals surface area contributed by atoms with Gasteiger partial charge < -0.3 is 10.0 Å². The molecule has 92 valence electrons. The maximum atomic E-state index is 11.4. The van der Waals surface area contributed by atoms with E-state index in [1.54, 1.807) is 24.3 Å². The predicted molar refractivity (Wildman–Crippen MR) is 67.6 cm³/mol. The van der Waals surface area contributed by atoms with Crippen LogP contribution in [0.25, 0.3) is 0 Å². The summed E-state index contributed by atoms with van der Waals surface area (Å²) in [6.45, 7) is 2.86. The van der Waals surface area contributed by atoms with E-state index in [2.05, 4.69) is 15.9 Å². The minimum absolute atomic E-state index is 0.294. The van der Waals surface area contributed by atoms with Crippen LogP contribution in [0.4, 0.5) is 0 Å². The average molecular weight is 300 g/mol. The van der Waals surface area contributed by atoms with Gasteiger partial charge in [0, 0.05) is 18.4 Å². The van der Waals surface area contributed by atoms with Gasteiger partial charge in [-0.2, -0.15) is 0 Å². The van der Waals surface area contributed by atoms with E-state index in [4.69, 9.17) is 0 Å². The van der Waals surface area contributed by atoms with Crippen molar-refractivity contribution in [3.8, 4) is 0 Å². The number of halogens is 1. The number of amides is 1. The fraction of sp³-hybridized carbons (Fsp3) is 0.333. The fourth-order valence-electron chi connectivity index (χ4n) is 1.55. The summed E-state index contributed by atoms with van der Waals surface area (Å²) in [4.78, 5) is 24.1. The second-order valence-electron chi connectivity index (χ2n) is 3.96. The molecule has 0 radical (unpaired) electrons. The highest BCUT2D eigenvalue weighted by Crippen LogP contribution is 2.28. The number of carboxylic acid groups (broad SMARTS) is 1. The molecule has 0 saturated heterocycles. The van der Waals surface area contributed by atoms with E-state index in [1.165, 1.54) is 25.8 Å². The Balaban J connectivity index is 3.30. The van der Waals surface area contributed by atoms with E-state index in [-0.39, 0.29) is 5.91 Å². The zero-order valence-corrected chi connectivity index (χ0v) is 11.5. The van der Waals surface area contributed by atoms with Crippen LogP contribution in [-0.2, 0) is 15.1 Å². The zero-order chi connectivity index (χ0) is 13.2. The SMILES string of the molecule is CC(=O)N(C)C(C)(C(=O)O)c1ccc(Br)cc1. The molecule has 0 fully saturated rings. The quantitative estimate of drug-likeness (QED) is 0.931. The van der Waals surface area contributed by atoms with Crippen molar-refractivity contribution in [2.75, 3.05) is 7.05 Å². The van der Waals surface area contributed by atoms with Gasteiger partial charge in [0.25, 0.3) is 0 Å². The molecule has 1 aromatic carbocycles. The molecule has 0 aliphatic rings. The van der Waals surface area contributed by atoms with E-state index in [1.807, 2.05) is 0 Å². The third kappa shape index (κ3) is 2.49. The summed E-state index contributed by atoms with van der Waals surface area (Å²) in [5.74, 6) is -1.35. The minimum atomic E-state index is -1.35. The Kier molecular flexibility index (Phi) is 3.93. The molecule has 5 heteroatoms. The largest absolute Gasteiger partial charge is 0.479 e. The Morgan fingerprint density at radius 3 is 2.12 bits per heavy atom. The normalized spacial score (nSPS) is 13.9. The highest BCUT2D eigenvalue weighted by molar-refractivity contribution is 9.10. The molecule has 0 saturated carbocycles. The lowest BCUT2D eigenvalue weighted by atomic mass is 9.90. The van der Waals surface area contributed by atoms with Gasteiger partial charge in [0.05, 0.1) is 0 Å². The molecule has 0 aliphatic heterocycles. The third-order valence-corrected chi connectivity index (χ3v) is 3.49. The van der Waals surface area contributed by atoms with Gasteiger partial charge in [0.1, 0.15) is 0 Å². The number of hydrogen-bond donors (Lipinski definition) is 1. The zero-order valence-electron chi connectivity index (χ0n) is 9.90. The van der Waals surface area contributed by atoms with Crippen LogP contribution in [0.2, 0.25) is 0 Å². The van der Waals surface area contributed by atoms with Gasteiger partial charge >= 0.3 is 5.97 Å². The molecule has 4 nitrogen and oxygen atoms in total. The standard InChI is InChI=1S/C12H14BrNO3/c1-8(15)14(3)12(2,11(16)17)9-4-6-10(13)7-5-9/h4-7H,1-3H3,(H,16,17). The highest BCUT2D eigenvalue weighted by Gasteiger charge is 2.40. The van der Waals surface area contributed by atoms with E-state index < -0.39 is 11.5 Å². The Bertz CT molecular complexity index is 444. The van der Waals surface area contributed by atoms with Crippen molar-refractivity contribution >= 4 is 27.8 Å². The number of carboxylic acids is 1. The Morgan fingerprint density at radius 2 is 1.76 bits per heavy atom. The molecule has 1 aromatic rings. The third-order valence-electron chi connectivity index (χ3n) is 2.97. The predicted octanol–water partition coefficient (Wildman–Crippen LogP) is 2.23. The molecule has 0 heterocycles. The number of nitrogens with zero attached hydrogens (tertiary/aromatic N) is 1. The first-order valence-electron chi connectivity index (χ1n) is 5.04. The maximum Gasteiger partial charge on any atom is 0.334 e. The van der Waals surface area contributed by atoms with Crippen molar-refractivity contribution in [3.05, 3.63) is 34.3 Å². The van der Waals surface area contributed by atoms with Gasteiger partial charge in [-0.15, -0.1) is 0 Å². The van der Waals surface area contributed by atoms with Gasteiger partial charge in [-0.1, -0.05) is 28.1 Å². The molecule has 1 unspecified atom stereocenters. The van der Waals surface area contributed by atoms with Crippen molar-refractivity contribution in [3.63, 3.8) is 0 Å². The number of hydrogen-bond acceptors (Lipinski definition) is 2. The van der Waals surface area contributed by atoms with Crippen LogP contribution in [0, 0.1) is 0 Å². The molecule has 17 heavy (non-hydrogen) atoms. The molecule has 1 rings (SSSR count). The van der Waals surface area contributed by atoms with Crippen LogP contribution in [0.1, 0.15) is 19.4 Å². The van der Waals surface area contributed by atoms with Crippen LogP contribution in [0.15, 0.2) is 28.7 Å².